The summed E-state index contributed by atoms with van der Waals surface area (Å²) in [5.41, 5.74) is -0.462. The fraction of sp³-hybridized carbons (Fsp3) is 0.650. The predicted octanol–water partition coefficient (Wildman–Crippen LogP) is 1.80. The van der Waals surface area contributed by atoms with E-state index in [0.717, 1.165) is 12.2 Å². The molecule has 1 aliphatic heterocycles. The molecule has 4 rings (SSSR count). The van der Waals surface area contributed by atoms with Gasteiger partial charge >= 0.3 is 0 Å². The molecular weight excluding hydrogens is 376 g/mol. The molecule has 2 aliphatic carbocycles. The Labute approximate surface area is 166 Å². The lowest BCUT2D eigenvalue weighted by Crippen LogP contribution is -2.53. The topological polar surface area (TPSA) is 94.4 Å². The van der Waals surface area contributed by atoms with Crippen LogP contribution in [-0.4, -0.2) is 55.4 Å². The highest BCUT2D eigenvalue weighted by Crippen LogP contribution is 2.64. The normalized spacial score (nSPS) is 29.8. The van der Waals surface area contributed by atoms with Crippen LogP contribution in [0.3, 0.4) is 0 Å². The van der Waals surface area contributed by atoms with Crippen molar-refractivity contribution in [2.24, 2.45) is 16.7 Å². The first-order chi connectivity index (χ1) is 13.2. The van der Waals surface area contributed by atoms with Gasteiger partial charge in [-0.05, 0) is 36.3 Å². The molecular formula is C20H26N4O3S. The quantitative estimate of drug-likeness (QED) is 0.762. The highest BCUT2D eigenvalue weighted by molar-refractivity contribution is 7.89. The fourth-order valence-electron chi connectivity index (χ4n) is 5.35. The first-order valence-corrected chi connectivity index (χ1v) is 11.4. The molecule has 8 heteroatoms. The molecule has 1 aromatic rings. The highest BCUT2D eigenvalue weighted by atomic mass is 32.2. The number of carbonyl (C=O) groups is 1. The molecule has 1 aromatic heterocycles. The summed E-state index contributed by atoms with van der Waals surface area (Å²) in [5, 5.41) is 8.88. The van der Waals surface area contributed by atoms with Gasteiger partial charge in [0.25, 0.3) is 0 Å². The molecule has 0 unspecified atom stereocenters. The van der Waals surface area contributed by atoms with E-state index in [-0.39, 0.29) is 17.0 Å². The van der Waals surface area contributed by atoms with Crippen LogP contribution in [-0.2, 0) is 14.8 Å². The van der Waals surface area contributed by atoms with Crippen LogP contribution in [0.4, 0.5) is 5.82 Å². The zero-order valence-corrected chi connectivity index (χ0v) is 17.2. The Balaban J connectivity index is 1.45. The Bertz CT molecular complexity index is 927. The number of piperazine rings is 1. The van der Waals surface area contributed by atoms with Crippen LogP contribution in [0.5, 0.6) is 0 Å². The van der Waals surface area contributed by atoms with Gasteiger partial charge in [0.2, 0.25) is 10.0 Å². The van der Waals surface area contributed by atoms with Gasteiger partial charge in [0.15, 0.2) is 0 Å². The molecule has 3 fully saturated rings. The zero-order valence-electron chi connectivity index (χ0n) is 16.4. The minimum absolute atomic E-state index is 0.0581. The molecule has 2 bridgehead atoms. The number of pyridine rings is 1. The molecule has 7 nitrogen and oxygen atoms in total. The summed E-state index contributed by atoms with van der Waals surface area (Å²) in [7, 11) is -3.51. The van der Waals surface area contributed by atoms with Crippen LogP contribution >= 0.6 is 0 Å². The number of Topliss-reactive ketones (excluding diaryl/α,β-unsaturated/α-hetero) is 1. The van der Waals surface area contributed by atoms with Crippen molar-refractivity contribution in [2.45, 2.75) is 33.1 Å². The zero-order chi connectivity index (χ0) is 20.2. The second kappa shape index (κ2) is 6.53. The van der Waals surface area contributed by atoms with E-state index in [4.69, 9.17) is 5.26 Å². The summed E-state index contributed by atoms with van der Waals surface area (Å²) < 4.78 is 27.9. The minimum atomic E-state index is -3.51. The second-order valence-electron chi connectivity index (χ2n) is 8.83. The molecule has 2 saturated carbocycles. The van der Waals surface area contributed by atoms with E-state index in [1.165, 1.54) is 10.5 Å². The number of rotatable bonds is 4. The lowest BCUT2D eigenvalue weighted by Gasteiger charge is -2.40. The van der Waals surface area contributed by atoms with Crippen molar-refractivity contribution in [3.63, 3.8) is 0 Å². The molecule has 150 valence electrons. The van der Waals surface area contributed by atoms with Crippen molar-refractivity contribution in [1.29, 1.82) is 5.26 Å². The Morgan fingerprint density at radius 1 is 1.25 bits per heavy atom. The molecule has 0 amide bonds. The van der Waals surface area contributed by atoms with Crippen LogP contribution in [0.1, 0.15) is 38.7 Å². The maximum Gasteiger partial charge on any atom is 0.215 e. The average Bonchev–Trinajstić information content (AvgIpc) is 3.02. The minimum Gasteiger partial charge on any atom is -0.354 e. The molecule has 28 heavy (non-hydrogen) atoms. The van der Waals surface area contributed by atoms with Crippen LogP contribution in [0.25, 0.3) is 0 Å². The van der Waals surface area contributed by atoms with Crippen LogP contribution in [0, 0.1) is 28.1 Å². The van der Waals surface area contributed by atoms with E-state index >= 15 is 0 Å². The van der Waals surface area contributed by atoms with Gasteiger partial charge in [-0.1, -0.05) is 13.8 Å². The number of anilines is 1. The number of nitriles is 1. The van der Waals surface area contributed by atoms with Crippen LogP contribution in [0.15, 0.2) is 18.3 Å². The number of aromatic nitrogens is 1. The second-order valence-corrected chi connectivity index (χ2v) is 10.8. The van der Waals surface area contributed by atoms with E-state index in [1.54, 1.807) is 12.1 Å². The Morgan fingerprint density at radius 3 is 2.46 bits per heavy atom. The first-order valence-electron chi connectivity index (χ1n) is 9.82. The van der Waals surface area contributed by atoms with Gasteiger partial charge in [0.05, 0.1) is 11.3 Å². The molecule has 0 aromatic carbocycles. The van der Waals surface area contributed by atoms with Crippen LogP contribution in [0.2, 0.25) is 0 Å². The van der Waals surface area contributed by atoms with Gasteiger partial charge in [-0.15, -0.1) is 0 Å². The van der Waals surface area contributed by atoms with E-state index in [9.17, 15) is 13.2 Å². The van der Waals surface area contributed by atoms with Crippen LogP contribution < -0.4 is 4.90 Å². The molecule has 0 N–H and O–H groups in total. The molecule has 0 radical (unpaired) electrons. The third-order valence-corrected chi connectivity index (χ3v) is 9.41. The Morgan fingerprint density at radius 2 is 1.96 bits per heavy atom. The largest absolute Gasteiger partial charge is 0.354 e. The van der Waals surface area contributed by atoms with Crippen molar-refractivity contribution in [3.8, 4) is 6.07 Å². The summed E-state index contributed by atoms with van der Waals surface area (Å²) in [6, 6.07) is 5.55. The number of carbonyl (C=O) groups excluding carboxylic acids is 1. The van der Waals surface area contributed by atoms with Gasteiger partial charge < -0.3 is 4.90 Å². The van der Waals surface area contributed by atoms with E-state index in [2.05, 4.69) is 18.8 Å². The van der Waals surface area contributed by atoms with Crippen molar-refractivity contribution < 1.29 is 13.2 Å². The molecule has 2 heterocycles. The maximum absolute atomic E-state index is 13.2. The number of fused-ring (bicyclic) bond motifs is 2. The number of nitrogens with zero attached hydrogens (tertiary/aromatic N) is 4. The van der Waals surface area contributed by atoms with Gasteiger partial charge in [-0.3, -0.25) is 4.79 Å². The Hall–Kier alpha value is -1.98. The maximum atomic E-state index is 13.2. The monoisotopic (exact) mass is 402 g/mol. The number of hydrogen-bond acceptors (Lipinski definition) is 6. The third-order valence-electron chi connectivity index (χ3n) is 7.40. The third kappa shape index (κ3) is 2.83. The van der Waals surface area contributed by atoms with E-state index in [0.29, 0.717) is 50.5 Å². The van der Waals surface area contributed by atoms with E-state index in [1.807, 2.05) is 11.0 Å². The van der Waals surface area contributed by atoms with Crippen molar-refractivity contribution in [2.75, 3.05) is 36.8 Å². The summed E-state index contributed by atoms with van der Waals surface area (Å²) in [4.78, 5) is 19.0. The lowest BCUT2D eigenvalue weighted by atomic mass is 9.70. The molecule has 0 spiro atoms. The summed E-state index contributed by atoms with van der Waals surface area (Å²) in [6.07, 6.45) is 3.70. The summed E-state index contributed by atoms with van der Waals surface area (Å²) >= 11 is 0. The highest BCUT2D eigenvalue weighted by Gasteiger charge is 2.65. The van der Waals surface area contributed by atoms with Gasteiger partial charge in [-0.25, -0.2) is 13.4 Å². The van der Waals surface area contributed by atoms with Crippen molar-refractivity contribution in [1.82, 2.24) is 9.29 Å². The van der Waals surface area contributed by atoms with Crippen molar-refractivity contribution >= 4 is 21.6 Å². The predicted molar refractivity (Wildman–Crippen MR) is 105 cm³/mol. The SMILES string of the molecule is CC1(C)[C@@H]2CC[C@@]1(CS(=O)(=O)N1CCN(c3ccc(C#N)cn3)CC1)C(=O)C2. The number of ketones is 1. The summed E-state index contributed by atoms with van der Waals surface area (Å²) in [6.45, 7) is 6.01. The number of hydrogen-bond donors (Lipinski definition) is 0. The smallest absolute Gasteiger partial charge is 0.215 e. The van der Waals surface area contributed by atoms with E-state index < -0.39 is 15.4 Å². The summed E-state index contributed by atoms with van der Waals surface area (Å²) in [5.74, 6) is 1.14. The van der Waals surface area contributed by atoms with Gasteiger partial charge in [-0.2, -0.15) is 9.57 Å². The average molecular weight is 403 g/mol. The molecule has 1 saturated heterocycles. The molecule has 2 atom stereocenters. The lowest BCUT2D eigenvalue weighted by molar-refractivity contribution is -0.128. The van der Waals surface area contributed by atoms with Crippen molar-refractivity contribution in [3.05, 3.63) is 23.9 Å². The number of sulfonamides is 1. The first kappa shape index (κ1) is 19.3. The van der Waals surface area contributed by atoms with Gasteiger partial charge in [0.1, 0.15) is 17.7 Å². The molecule has 3 aliphatic rings. The fourth-order valence-corrected chi connectivity index (χ4v) is 7.55. The standard InChI is InChI=1S/C20H26N4O3S/c1-19(2)16-5-6-20(19,17(25)11-16)14-28(26,27)24-9-7-23(8-10-24)18-4-3-15(12-21)13-22-18/h3-4,13,16H,5-11,14H2,1-2H3/t16-,20-/m1/s1. The van der Waals surface area contributed by atoms with Gasteiger partial charge in [0, 0.05) is 44.2 Å². The Kier molecular flexibility index (Phi) is 4.51.